The van der Waals surface area contributed by atoms with Crippen LogP contribution in [0.25, 0.3) is 0 Å². The summed E-state index contributed by atoms with van der Waals surface area (Å²) < 4.78 is 9.82. The molecule has 0 aromatic carbocycles. The van der Waals surface area contributed by atoms with Gasteiger partial charge in [-0.25, -0.2) is 4.98 Å². The predicted octanol–water partition coefficient (Wildman–Crippen LogP) is 1.53. The summed E-state index contributed by atoms with van der Waals surface area (Å²) in [7, 11) is 0. The molecule has 10 heteroatoms. The molecule has 1 aromatic rings. The van der Waals surface area contributed by atoms with Crippen LogP contribution in [0, 0.1) is 0 Å². The van der Waals surface area contributed by atoms with Crippen molar-refractivity contribution in [3.05, 3.63) is 5.82 Å². The number of aryl methyl sites for hydroxylation is 1. The number of ether oxygens (including phenoxy) is 1. The standard InChI is InChI=1S/C18H33N7OS.HI/c1-3-16-21-18(27-22-16)25-10-8-24(9-11-25)17(19-4-2)20-6-5-7-23-12-14-26-15-13-23;/h3-15H2,1-2H3,(H,19,20);1H. The van der Waals surface area contributed by atoms with Crippen molar-refractivity contribution < 1.29 is 4.74 Å². The van der Waals surface area contributed by atoms with Gasteiger partial charge in [0.2, 0.25) is 5.13 Å². The number of aromatic nitrogens is 2. The third-order valence-electron chi connectivity index (χ3n) is 4.96. The van der Waals surface area contributed by atoms with E-state index in [2.05, 4.69) is 43.2 Å². The highest BCUT2D eigenvalue weighted by Gasteiger charge is 2.22. The number of anilines is 1. The number of hydrogen-bond acceptors (Lipinski definition) is 7. The zero-order valence-corrected chi connectivity index (χ0v) is 20.2. The number of aliphatic imine (C=N–C) groups is 1. The number of guanidine groups is 1. The topological polar surface area (TPSA) is 69.1 Å². The van der Waals surface area contributed by atoms with E-state index in [0.717, 1.165) is 102 Å². The number of nitrogens with zero attached hydrogens (tertiary/aromatic N) is 6. The summed E-state index contributed by atoms with van der Waals surface area (Å²) in [4.78, 5) is 16.7. The van der Waals surface area contributed by atoms with Gasteiger partial charge in [0.05, 0.1) is 13.2 Å². The van der Waals surface area contributed by atoms with E-state index in [1.165, 1.54) is 11.5 Å². The monoisotopic (exact) mass is 523 g/mol. The van der Waals surface area contributed by atoms with Crippen LogP contribution in [0.1, 0.15) is 26.1 Å². The lowest BCUT2D eigenvalue weighted by molar-refractivity contribution is 0.0377. The van der Waals surface area contributed by atoms with Gasteiger partial charge in [0.15, 0.2) is 5.96 Å². The Balaban J connectivity index is 0.00000280. The Bertz CT molecular complexity index is 586. The Morgan fingerprint density at radius 1 is 1.14 bits per heavy atom. The fourth-order valence-corrected chi connectivity index (χ4v) is 4.16. The molecular formula is C18H34IN7OS. The Kier molecular flexibility index (Phi) is 10.7. The SMILES string of the molecule is CCNC(=NCCCN1CCOCC1)N1CCN(c2nc(CC)ns2)CC1.I. The van der Waals surface area contributed by atoms with E-state index in [-0.39, 0.29) is 24.0 Å². The molecule has 2 aliphatic heterocycles. The second-order valence-electron chi connectivity index (χ2n) is 6.86. The summed E-state index contributed by atoms with van der Waals surface area (Å²) >= 11 is 1.52. The second-order valence-corrected chi connectivity index (χ2v) is 7.59. The van der Waals surface area contributed by atoms with Gasteiger partial charge in [0.1, 0.15) is 5.82 Å². The Morgan fingerprint density at radius 2 is 1.89 bits per heavy atom. The minimum atomic E-state index is 0. The zero-order chi connectivity index (χ0) is 18.9. The quantitative estimate of drug-likeness (QED) is 0.252. The molecule has 2 aliphatic rings. The van der Waals surface area contributed by atoms with E-state index in [1.807, 2.05) is 0 Å². The van der Waals surface area contributed by atoms with Crippen LogP contribution >= 0.6 is 35.5 Å². The molecule has 0 unspecified atom stereocenters. The van der Waals surface area contributed by atoms with E-state index in [1.54, 1.807) is 0 Å². The van der Waals surface area contributed by atoms with Gasteiger partial charge in [0.25, 0.3) is 0 Å². The lowest BCUT2D eigenvalue weighted by Crippen LogP contribution is -2.52. The minimum Gasteiger partial charge on any atom is -0.379 e. The lowest BCUT2D eigenvalue weighted by Gasteiger charge is -2.36. The van der Waals surface area contributed by atoms with Crippen LogP contribution in [0.4, 0.5) is 5.13 Å². The molecule has 0 radical (unpaired) electrons. The fourth-order valence-electron chi connectivity index (χ4n) is 3.36. The van der Waals surface area contributed by atoms with E-state index in [0.29, 0.717) is 0 Å². The van der Waals surface area contributed by atoms with E-state index in [9.17, 15) is 0 Å². The maximum absolute atomic E-state index is 5.41. The molecule has 1 aromatic heterocycles. The highest BCUT2D eigenvalue weighted by atomic mass is 127. The van der Waals surface area contributed by atoms with Gasteiger partial charge < -0.3 is 19.9 Å². The molecule has 8 nitrogen and oxygen atoms in total. The summed E-state index contributed by atoms with van der Waals surface area (Å²) in [6.45, 7) is 14.8. The third-order valence-corrected chi connectivity index (χ3v) is 5.77. The van der Waals surface area contributed by atoms with Gasteiger partial charge in [-0.05, 0) is 13.3 Å². The summed E-state index contributed by atoms with van der Waals surface area (Å²) in [5, 5.41) is 4.51. The van der Waals surface area contributed by atoms with E-state index >= 15 is 0 Å². The first-order valence-electron chi connectivity index (χ1n) is 10.2. The van der Waals surface area contributed by atoms with Crippen LogP contribution in [0.2, 0.25) is 0 Å². The highest BCUT2D eigenvalue weighted by molar-refractivity contribution is 14.0. The number of halogens is 1. The first kappa shape index (κ1) is 23.6. The summed E-state index contributed by atoms with van der Waals surface area (Å²) in [6, 6.07) is 0. The van der Waals surface area contributed by atoms with Crippen molar-refractivity contribution >= 4 is 46.6 Å². The van der Waals surface area contributed by atoms with Gasteiger partial charge in [-0.1, -0.05) is 6.92 Å². The molecule has 0 aliphatic carbocycles. The smallest absolute Gasteiger partial charge is 0.205 e. The van der Waals surface area contributed by atoms with Gasteiger partial charge >= 0.3 is 0 Å². The number of rotatable bonds is 7. The number of hydrogen-bond donors (Lipinski definition) is 1. The van der Waals surface area contributed by atoms with Crippen LogP contribution in [0.5, 0.6) is 0 Å². The minimum absolute atomic E-state index is 0. The second kappa shape index (κ2) is 12.8. The van der Waals surface area contributed by atoms with Gasteiger partial charge in [-0.15, -0.1) is 24.0 Å². The first-order chi connectivity index (χ1) is 13.3. The number of piperazine rings is 1. The predicted molar refractivity (Wildman–Crippen MR) is 126 cm³/mol. The van der Waals surface area contributed by atoms with Crippen molar-refractivity contribution in [3.63, 3.8) is 0 Å². The normalized spacial score (nSPS) is 18.9. The van der Waals surface area contributed by atoms with Crippen LogP contribution in [-0.2, 0) is 11.2 Å². The summed E-state index contributed by atoms with van der Waals surface area (Å²) in [5.41, 5.74) is 0. The molecule has 0 atom stereocenters. The molecule has 0 amide bonds. The first-order valence-corrected chi connectivity index (χ1v) is 11.0. The van der Waals surface area contributed by atoms with E-state index in [4.69, 9.17) is 9.73 Å². The summed E-state index contributed by atoms with van der Waals surface area (Å²) in [6.07, 6.45) is 2.00. The van der Waals surface area contributed by atoms with Crippen molar-refractivity contribution in [2.45, 2.75) is 26.7 Å². The van der Waals surface area contributed by atoms with Crippen LogP contribution in [0.3, 0.4) is 0 Å². The van der Waals surface area contributed by atoms with Crippen LogP contribution < -0.4 is 10.2 Å². The van der Waals surface area contributed by atoms with Crippen LogP contribution in [0.15, 0.2) is 4.99 Å². The number of nitrogens with one attached hydrogen (secondary N) is 1. The Labute approximate surface area is 189 Å². The molecule has 0 saturated carbocycles. The Morgan fingerprint density at radius 3 is 2.54 bits per heavy atom. The maximum Gasteiger partial charge on any atom is 0.205 e. The van der Waals surface area contributed by atoms with Crippen molar-refractivity contribution in [1.82, 2.24) is 24.5 Å². The average Bonchev–Trinajstić information content (AvgIpc) is 3.21. The molecule has 1 N–H and O–H groups in total. The van der Waals surface area contributed by atoms with Crippen molar-refractivity contribution in [1.29, 1.82) is 0 Å². The molecular weight excluding hydrogens is 489 g/mol. The van der Waals surface area contributed by atoms with Crippen LogP contribution in [-0.4, -0.2) is 97.2 Å². The zero-order valence-electron chi connectivity index (χ0n) is 17.1. The van der Waals surface area contributed by atoms with E-state index < -0.39 is 0 Å². The third kappa shape index (κ3) is 6.96. The lowest BCUT2D eigenvalue weighted by atomic mass is 10.3. The molecule has 0 bridgehead atoms. The van der Waals surface area contributed by atoms with Gasteiger partial charge in [-0.2, -0.15) is 4.37 Å². The average molecular weight is 523 g/mol. The van der Waals surface area contributed by atoms with Crippen molar-refractivity contribution in [3.8, 4) is 0 Å². The largest absolute Gasteiger partial charge is 0.379 e. The summed E-state index contributed by atoms with van der Waals surface area (Å²) in [5.74, 6) is 2.00. The van der Waals surface area contributed by atoms with Crippen molar-refractivity contribution in [2.75, 3.05) is 77.0 Å². The molecule has 28 heavy (non-hydrogen) atoms. The highest BCUT2D eigenvalue weighted by Crippen LogP contribution is 2.19. The maximum atomic E-state index is 5.41. The molecule has 160 valence electrons. The molecule has 2 fully saturated rings. The molecule has 3 heterocycles. The van der Waals surface area contributed by atoms with Crippen molar-refractivity contribution in [2.24, 2.45) is 4.99 Å². The Hall–Kier alpha value is -0.720. The number of morpholine rings is 1. The molecule has 0 spiro atoms. The van der Waals surface area contributed by atoms with Gasteiger partial charge in [0, 0.05) is 76.9 Å². The molecule has 3 rings (SSSR count). The molecule has 2 saturated heterocycles. The fraction of sp³-hybridized carbons (Fsp3) is 0.833. The van der Waals surface area contributed by atoms with Gasteiger partial charge in [-0.3, -0.25) is 9.89 Å².